The summed E-state index contributed by atoms with van der Waals surface area (Å²) in [7, 11) is 0. The molecule has 1 heterocycles. The predicted molar refractivity (Wildman–Crippen MR) is 59.7 cm³/mol. The van der Waals surface area contributed by atoms with Crippen LogP contribution in [0.4, 0.5) is 11.4 Å². The molecule has 1 aliphatic rings. The van der Waals surface area contributed by atoms with Gasteiger partial charge >= 0.3 is 0 Å². The Morgan fingerprint density at radius 1 is 1.44 bits per heavy atom. The zero-order valence-electron chi connectivity index (χ0n) is 9.11. The van der Waals surface area contributed by atoms with E-state index in [2.05, 4.69) is 5.32 Å². The van der Waals surface area contributed by atoms with Crippen LogP contribution in [-0.4, -0.2) is 17.3 Å². The van der Waals surface area contributed by atoms with E-state index < -0.39 is 10.3 Å². The number of carbonyl (C=O) groups excluding carboxylic acids is 1. The molecular weight excluding hydrogens is 208 g/mol. The van der Waals surface area contributed by atoms with Gasteiger partial charge in [0, 0.05) is 29.7 Å². The fourth-order valence-corrected chi connectivity index (χ4v) is 1.75. The van der Waals surface area contributed by atoms with Crippen LogP contribution >= 0.6 is 0 Å². The summed E-state index contributed by atoms with van der Waals surface area (Å²) in [5.74, 6) is 0.0242. The highest BCUT2D eigenvalue weighted by Gasteiger charge is 2.34. The molecule has 0 radical (unpaired) electrons. The number of nitrogens with zero attached hydrogens (tertiary/aromatic N) is 1. The van der Waals surface area contributed by atoms with Crippen molar-refractivity contribution >= 4 is 17.2 Å². The molecule has 84 valence electrons. The normalized spacial score (nSPS) is 17.5. The molecule has 1 aliphatic heterocycles. The van der Waals surface area contributed by atoms with E-state index in [0.717, 1.165) is 0 Å². The smallest absolute Gasteiger partial charge is 0.271 e. The number of rotatable bonds is 1. The second-order valence-corrected chi connectivity index (χ2v) is 4.55. The number of hydrogen-bond donors (Lipinski definition) is 1. The SMILES string of the molecule is CC1(C)CNc2cc([N+](=O)[O-])ccc2C1=O. The first-order chi connectivity index (χ1) is 7.42. The molecule has 2 rings (SSSR count). The van der Waals surface area contributed by atoms with Gasteiger partial charge in [-0.05, 0) is 6.07 Å². The lowest BCUT2D eigenvalue weighted by atomic mass is 9.81. The molecule has 5 nitrogen and oxygen atoms in total. The van der Waals surface area contributed by atoms with Crippen LogP contribution in [0, 0.1) is 15.5 Å². The van der Waals surface area contributed by atoms with Crippen molar-refractivity contribution in [2.75, 3.05) is 11.9 Å². The van der Waals surface area contributed by atoms with E-state index in [1.165, 1.54) is 18.2 Å². The van der Waals surface area contributed by atoms with Gasteiger partial charge in [0.25, 0.3) is 5.69 Å². The Balaban J connectivity index is 2.49. The number of anilines is 1. The van der Waals surface area contributed by atoms with Crippen LogP contribution < -0.4 is 5.32 Å². The Kier molecular flexibility index (Phi) is 2.18. The quantitative estimate of drug-likeness (QED) is 0.581. The fraction of sp³-hybridized carbons (Fsp3) is 0.364. The number of nitro benzene ring substituents is 1. The molecule has 1 aromatic carbocycles. The zero-order chi connectivity index (χ0) is 11.9. The highest BCUT2D eigenvalue weighted by molar-refractivity contribution is 6.06. The molecule has 0 spiro atoms. The third kappa shape index (κ3) is 1.54. The third-order valence-electron chi connectivity index (χ3n) is 2.79. The molecule has 1 N–H and O–H groups in total. The number of carbonyl (C=O) groups is 1. The number of fused-ring (bicyclic) bond motifs is 1. The number of Topliss-reactive ketones (excluding diaryl/α,β-unsaturated/α-hetero) is 1. The Morgan fingerprint density at radius 2 is 2.12 bits per heavy atom. The molecule has 0 saturated carbocycles. The second kappa shape index (κ2) is 3.30. The maximum absolute atomic E-state index is 12.0. The lowest BCUT2D eigenvalue weighted by molar-refractivity contribution is -0.384. The van der Waals surface area contributed by atoms with Gasteiger partial charge in [0.15, 0.2) is 5.78 Å². The minimum Gasteiger partial charge on any atom is -0.383 e. The van der Waals surface area contributed by atoms with Crippen LogP contribution in [0.25, 0.3) is 0 Å². The monoisotopic (exact) mass is 220 g/mol. The largest absolute Gasteiger partial charge is 0.383 e. The van der Waals surface area contributed by atoms with Crippen molar-refractivity contribution in [3.05, 3.63) is 33.9 Å². The lowest BCUT2D eigenvalue weighted by Crippen LogP contribution is -2.37. The number of hydrogen-bond acceptors (Lipinski definition) is 4. The molecule has 0 unspecified atom stereocenters. The van der Waals surface area contributed by atoms with E-state index in [4.69, 9.17) is 0 Å². The van der Waals surface area contributed by atoms with Crippen molar-refractivity contribution in [3.63, 3.8) is 0 Å². The van der Waals surface area contributed by atoms with Gasteiger partial charge in [-0.25, -0.2) is 0 Å². The van der Waals surface area contributed by atoms with Gasteiger partial charge < -0.3 is 5.32 Å². The highest BCUT2D eigenvalue weighted by atomic mass is 16.6. The number of nitro groups is 1. The fourth-order valence-electron chi connectivity index (χ4n) is 1.75. The average Bonchev–Trinajstić information content (AvgIpc) is 2.23. The molecule has 0 saturated heterocycles. The van der Waals surface area contributed by atoms with Crippen LogP contribution in [0.15, 0.2) is 18.2 Å². The Labute approximate surface area is 92.6 Å². The van der Waals surface area contributed by atoms with E-state index in [1.54, 1.807) is 0 Å². The van der Waals surface area contributed by atoms with Gasteiger partial charge in [-0.2, -0.15) is 0 Å². The van der Waals surface area contributed by atoms with E-state index in [9.17, 15) is 14.9 Å². The third-order valence-corrected chi connectivity index (χ3v) is 2.79. The first-order valence-corrected chi connectivity index (χ1v) is 4.99. The Hall–Kier alpha value is -1.91. The van der Waals surface area contributed by atoms with Gasteiger partial charge in [-0.15, -0.1) is 0 Å². The molecule has 0 aromatic heterocycles. The summed E-state index contributed by atoms with van der Waals surface area (Å²) in [6, 6.07) is 4.28. The summed E-state index contributed by atoms with van der Waals surface area (Å²) in [5, 5.41) is 13.6. The molecule has 1 aromatic rings. The summed E-state index contributed by atoms with van der Waals surface area (Å²) < 4.78 is 0. The van der Waals surface area contributed by atoms with Crippen molar-refractivity contribution in [3.8, 4) is 0 Å². The molecular formula is C11H12N2O3. The molecule has 0 fully saturated rings. The maximum Gasteiger partial charge on any atom is 0.271 e. The highest BCUT2D eigenvalue weighted by Crippen LogP contribution is 2.33. The van der Waals surface area contributed by atoms with Gasteiger partial charge in [0.2, 0.25) is 0 Å². The minimum absolute atomic E-state index is 0.00115. The summed E-state index contributed by atoms with van der Waals surface area (Å²) >= 11 is 0. The summed E-state index contributed by atoms with van der Waals surface area (Å²) in [4.78, 5) is 22.1. The zero-order valence-corrected chi connectivity index (χ0v) is 9.11. The van der Waals surface area contributed by atoms with Crippen molar-refractivity contribution < 1.29 is 9.72 Å². The van der Waals surface area contributed by atoms with Gasteiger partial charge in [0.1, 0.15) is 0 Å². The van der Waals surface area contributed by atoms with Crippen LogP contribution in [0.1, 0.15) is 24.2 Å². The number of non-ortho nitro benzene ring substituents is 1. The summed E-state index contributed by atoms with van der Waals surface area (Å²) in [6.45, 7) is 4.21. The minimum atomic E-state index is -0.466. The molecule has 16 heavy (non-hydrogen) atoms. The average molecular weight is 220 g/mol. The van der Waals surface area contributed by atoms with E-state index in [0.29, 0.717) is 17.8 Å². The van der Waals surface area contributed by atoms with Crippen LogP contribution in [0.5, 0.6) is 0 Å². The Morgan fingerprint density at radius 3 is 2.75 bits per heavy atom. The van der Waals surface area contributed by atoms with Gasteiger partial charge in [-0.1, -0.05) is 13.8 Å². The first kappa shape index (κ1) is 10.6. The molecule has 5 heteroatoms. The second-order valence-electron chi connectivity index (χ2n) is 4.55. The van der Waals surface area contributed by atoms with E-state index >= 15 is 0 Å². The summed E-state index contributed by atoms with van der Waals surface area (Å²) in [6.07, 6.45) is 0. The van der Waals surface area contributed by atoms with Crippen molar-refractivity contribution in [2.45, 2.75) is 13.8 Å². The van der Waals surface area contributed by atoms with Crippen LogP contribution in [0.2, 0.25) is 0 Å². The van der Waals surface area contributed by atoms with Crippen LogP contribution in [0.3, 0.4) is 0 Å². The van der Waals surface area contributed by atoms with Crippen molar-refractivity contribution in [1.82, 2.24) is 0 Å². The molecule has 0 amide bonds. The lowest BCUT2D eigenvalue weighted by Gasteiger charge is -2.30. The van der Waals surface area contributed by atoms with E-state index in [-0.39, 0.29) is 11.5 Å². The molecule has 0 atom stereocenters. The predicted octanol–water partition coefficient (Wildman–Crippen LogP) is 2.23. The first-order valence-electron chi connectivity index (χ1n) is 4.99. The summed E-state index contributed by atoms with van der Waals surface area (Å²) in [5.41, 5.74) is 0.627. The number of benzene rings is 1. The van der Waals surface area contributed by atoms with Gasteiger partial charge in [-0.3, -0.25) is 14.9 Å². The number of ketones is 1. The van der Waals surface area contributed by atoms with Crippen molar-refractivity contribution in [1.29, 1.82) is 0 Å². The maximum atomic E-state index is 12.0. The van der Waals surface area contributed by atoms with Gasteiger partial charge in [0.05, 0.1) is 10.6 Å². The Bertz CT molecular complexity index is 480. The topological polar surface area (TPSA) is 72.2 Å². The number of nitrogens with one attached hydrogen (secondary N) is 1. The molecule has 0 bridgehead atoms. The molecule has 0 aliphatic carbocycles. The standard InChI is InChI=1S/C11H12N2O3/c1-11(2)6-12-9-5-7(13(15)16)3-4-8(9)10(11)14/h3-5,12H,6H2,1-2H3. The van der Waals surface area contributed by atoms with Crippen LogP contribution in [-0.2, 0) is 0 Å². The van der Waals surface area contributed by atoms with Crippen molar-refractivity contribution in [2.24, 2.45) is 5.41 Å². The van der Waals surface area contributed by atoms with E-state index in [1.807, 2.05) is 13.8 Å².